The van der Waals surface area contributed by atoms with Gasteiger partial charge in [-0.15, -0.1) is 0 Å². The van der Waals surface area contributed by atoms with Gasteiger partial charge in [-0.1, -0.05) is 173 Å². The van der Waals surface area contributed by atoms with Crippen molar-refractivity contribution in [2.75, 3.05) is 45.9 Å². The Balaban J connectivity index is -0.000000525. The SMILES string of the molecule is CC.CC1CCN(C(C)C)C1.CCCCC(C)CC.CCCCCC(C)CC.CCCCCC1(CCC)COC1.CCN1CCC(C)C1. The second-order valence-corrected chi connectivity index (χ2v) is 16.1. The summed E-state index contributed by atoms with van der Waals surface area (Å²) < 4.78 is 5.32. The molecule has 3 aliphatic rings. The molecule has 0 amide bonds. The first-order valence-corrected chi connectivity index (χ1v) is 22.0. The molecule has 0 aromatic carbocycles. The van der Waals surface area contributed by atoms with Crippen molar-refractivity contribution in [3.63, 3.8) is 0 Å². The number of hydrogen-bond acceptors (Lipinski definition) is 3. The van der Waals surface area contributed by atoms with Gasteiger partial charge in [0.05, 0.1) is 13.2 Å². The average Bonchev–Trinajstić information content (AvgIpc) is 3.72. The molecule has 0 bridgehead atoms. The van der Waals surface area contributed by atoms with Gasteiger partial charge in [0.2, 0.25) is 0 Å². The van der Waals surface area contributed by atoms with Crippen LogP contribution in [0.1, 0.15) is 213 Å². The second kappa shape index (κ2) is 36.7. The van der Waals surface area contributed by atoms with E-state index in [0.29, 0.717) is 5.41 Å². The fraction of sp³-hybridized carbons (Fsp3) is 1.00. The number of ether oxygens (including phenoxy) is 1. The summed E-state index contributed by atoms with van der Waals surface area (Å²) in [6, 6.07) is 0.759. The lowest BCUT2D eigenvalue weighted by atomic mass is 9.77. The quantitative estimate of drug-likeness (QED) is 0.142. The Morgan fingerprint density at radius 1 is 0.604 bits per heavy atom. The van der Waals surface area contributed by atoms with Crippen molar-refractivity contribution < 1.29 is 4.74 Å². The minimum absolute atomic E-state index is 0.601. The number of likely N-dealkylation sites (tertiary alicyclic amines) is 2. The molecule has 3 aliphatic heterocycles. The van der Waals surface area contributed by atoms with Crippen LogP contribution in [0.15, 0.2) is 0 Å². The largest absolute Gasteiger partial charge is 0.380 e. The zero-order valence-electron chi connectivity index (χ0n) is 36.7. The molecule has 3 nitrogen and oxygen atoms in total. The van der Waals surface area contributed by atoms with Crippen LogP contribution in [0.5, 0.6) is 0 Å². The molecular weight excluding hydrogens is 585 g/mol. The molecule has 294 valence electrons. The third-order valence-corrected chi connectivity index (χ3v) is 10.8. The van der Waals surface area contributed by atoms with Crippen LogP contribution in [0, 0.1) is 29.1 Å². The molecule has 3 heteroatoms. The van der Waals surface area contributed by atoms with Gasteiger partial charge in [0.25, 0.3) is 0 Å². The van der Waals surface area contributed by atoms with Crippen LogP contribution in [0.3, 0.4) is 0 Å². The highest BCUT2D eigenvalue weighted by Gasteiger charge is 2.36. The number of hydrogen-bond donors (Lipinski definition) is 0. The van der Waals surface area contributed by atoms with Crippen molar-refractivity contribution in [1.29, 1.82) is 0 Å². The fourth-order valence-corrected chi connectivity index (χ4v) is 6.54. The average molecular weight is 683 g/mol. The predicted molar refractivity (Wildman–Crippen MR) is 223 cm³/mol. The van der Waals surface area contributed by atoms with Crippen molar-refractivity contribution in [2.24, 2.45) is 29.1 Å². The zero-order valence-corrected chi connectivity index (χ0v) is 36.7. The lowest BCUT2D eigenvalue weighted by Gasteiger charge is -2.41. The van der Waals surface area contributed by atoms with Gasteiger partial charge >= 0.3 is 0 Å². The molecule has 0 spiro atoms. The molecule has 0 aromatic heterocycles. The molecule has 3 saturated heterocycles. The molecule has 0 aromatic rings. The van der Waals surface area contributed by atoms with Gasteiger partial charge in [-0.3, -0.25) is 0 Å². The van der Waals surface area contributed by atoms with Crippen LogP contribution in [0.2, 0.25) is 0 Å². The summed E-state index contributed by atoms with van der Waals surface area (Å²) in [6.45, 7) is 42.3. The van der Waals surface area contributed by atoms with E-state index in [1.165, 1.54) is 142 Å². The van der Waals surface area contributed by atoms with Gasteiger partial charge in [-0.05, 0) is 82.8 Å². The molecule has 0 N–H and O–H groups in total. The standard InChI is InChI=1S/C11H22O.C9H20.C8H17N.C8H18.C7H15N.C2H6/c1-3-5-6-8-11(7-4-2)9-12-10-11;1-4-6-7-8-9(3)5-2;1-7(2)9-5-4-8(3)6-9;1-4-6-7-8(3)5-2;1-3-8-5-4-7(2)6-8;1-2/h3-10H2,1-2H3;9H,4-8H2,1-3H3;7-8H,4-6H2,1-3H3;8H,4-7H2,1-3H3;7H,3-6H2,1-2H3;1-2H3. The normalized spacial score (nSPS) is 21.0. The Morgan fingerprint density at radius 3 is 1.42 bits per heavy atom. The maximum absolute atomic E-state index is 5.32. The minimum atomic E-state index is 0.601. The van der Waals surface area contributed by atoms with Crippen LogP contribution in [0.25, 0.3) is 0 Å². The van der Waals surface area contributed by atoms with E-state index in [-0.39, 0.29) is 0 Å². The fourth-order valence-electron chi connectivity index (χ4n) is 6.54. The highest BCUT2D eigenvalue weighted by Crippen LogP contribution is 2.37. The maximum Gasteiger partial charge on any atom is 0.0544 e. The molecule has 3 heterocycles. The third-order valence-electron chi connectivity index (χ3n) is 10.8. The summed E-state index contributed by atoms with van der Waals surface area (Å²) in [7, 11) is 0. The van der Waals surface area contributed by atoms with Crippen molar-refractivity contribution in [3.8, 4) is 0 Å². The predicted octanol–water partition coefficient (Wildman–Crippen LogP) is 14.3. The Bertz CT molecular complexity index is 604. The van der Waals surface area contributed by atoms with Crippen molar-refractivity contribution in [2.45, 2.75) is 219 Å². The molecule has 0 radical (unpaired) electrons. The van der Waals surface area contributed by atoms with Crippen LogP contribution in [-0.2, 0) is 4.74 Å². The van der Waals surface area contributed by atoms with Crippen molar-refractivity contribution >= 4 is 0 Å². The molecule has 0 aliphatic carbocycles. The van der Waals surface area contributed by atoms with E-state index < -0.39 is 0 Å². The number of rotatable bonds is 17. The summed E-state index contributed by atoms with van der Waals surface area (Å²) in [4.78, 5) is 5.05. The Morgan fingerprint density at radius 2 is 1.10 bits per heavy atom. The van der Waals surface area contributed by atoms with Gasteiger partial charge in [0, 0.05) is 24.5 Å². The Labute approximate surface area is 307 Å². The monoisotopic (exact) mass is 683 g/mol. The van der Waals surface area contributed by atoms with E-state index in [2.05, 4.69) is 99.8 Å². The van der Waals surface area contributed by atoms with Gasteiger partial charge in [-0.2, -0.15) is 0 Å². The minimum Gasteiger partial charge on any atom is -0.380 e. The smallest absolute Gasteiger partial charge is 0.0544 e. The van der Waals surface area contributed by atoms with Gasteiger partial charge < -0.3 is 14.5 Å². The molecule has 3 fully saturated rings. The van der Waals surface area contributed by atoms with Gasteiger partial charge in [-0.25, -0.2) is 0 Å². The lowest BCUT2D eigenvalue weighted by molar-refractivity contribution is -0.123. The van der Waals surface area contributed by atoms with E-state index in [1.54, 1.807) is 0 Å². The number of nitrogens with zero attached hydrogens (tertiary/aromatic N) is 2. The molecule has 48 heavy (non-hydrogen) atoms. The first-order chi connectivity index (χ1) is 23.0. The summed E-state index contributed by atoms with van der Waals surface area (Å²) in [5.74, 6) is 3.80. The summed E-state index contributed by atoms with van der Waals surface area (Å²) in [5.41, 5.74) is 0.601. The third kappa shape index (κ3) is 30.7. The van der Waals surface area contributed by atoms with E-state index >= 15 is 0 Å². The van der Waals surface area contributed by atoms with Gasteiger partial charge in [0.15, 0.2) is 0 Å². The summed E-state index contributed by atoms with van der Waals surface area (Å²) in [5, 5.41) is 0. The lowest BCUT2D eigenvalue weighted by Crippen LogP contribution is -2.42. The van der Waals surface area contributed by atoms with Crippen LogP contribution >= 0.6 is 0 Å². The topological polar surface area (TPSA) is 15.7 Å². The van der Waals surface area contributed by atoms with Crippen molar-refractivity contribution in [3.05, 3.63) is 0 Å². The summed E-state index contributed by atoms with van der Waals surface area (Å²) >= 11 is 0. The molecule has 4 unspecified atom stereocenters. The first kappa shape index (κ1) is 52.2. The zero-order chi connectivity index (χ0) is 37.2. The second-order valence-electron chi connectivity index (χ2n) is 16.1. The van der Waals surface area contributed by atoms with Crippen LogP contribution in [0.4, 0.5) is 0 Å². The van der Waals surface area contributed by atoms with Crippen LogP contribution < -0.4 is 0 Å². The van der Waals surface area contributed by atoms with E-state index in [0.717, 1.165) is 42.9 Å². The van der Waals surface area contributed by atoms with Crippen LogP contribution in [-0.4, -0.2) is 61.8 Å². The van der Waals surface area contributed by atoms with Gasteiger partial charge in [0.1, 0.15) is 0 Å². The molecule has 4 atom stereocenters. The first-order valence-electron chi connectivity index (χ1n) is 22.0. The van der Waals surface area contributed by atoms with E-state index in [1.807, 2.05) is 13.8 Å². The summed E-state index contributed by atoms with van der Waals surface area (Å²) in [6.07, 6.45) is 23.6. The molecule has 3 rings (SSSR count). The maximum atomic E-state index is 5.32. The highest BCUT2D eigenvalue weighted by molar-refractivity contribution is 4.84. The highest BCUT2D eigenvalue weighted by atomic mass is 16.5. The Kier molecular flexibility index (Phi) is 39.9. The van der Waals surface area contributed by atoms with E-state index in [4.69, 9.17) is 4.74 Å². The number of unbranched alkanes of at least 4 members (excludes halogenated alkanes) is 5. The Hall–Kier alpha value is -0.120. The van der Waals surface area contributed by atoms with E-state index in [9.17, 15) is 0 Å². The van der Waals surface area contributed by atoms with Crippen molar-refractivity contribution in [1.82, 2.24) is 9.80 Å². The molecular formula is C45H98N2O. The molecule has 0 saturated carbocycles.